The van der Waals surface area contributed by atoms with E-state index in [9.17, 15) is 0 Å². The SMILES string of the molecule is CC1=CC(C)(C)C(Nc2ccccc2)=N1. The van der Waals surface area contributed by atoms with Crippen LogP contribution in [0.5, 0.6) is 0 Å². The van der Waals surface area contributed by atoms with Crippen molar-refractivity contribution in [2.45, 2.75) is 20.8 Å². The van der Waals surface area contributed by atoms with Gasteiger partial charge in [0.25, 0.3) is 0 Å². The molecule has 0 unspecified atom stereocenters. The zero-order valence-corrected chi connectivity index (χ0v) is 9.41. The Morgan fingerprint density at radius 1 is 1.13 bits per heavy atom. The molecule has 1 N–H and O–H groups in total. The van der Waals surface area contributed by atoms with Crippen LogP contribution in [0.1, 0.15) is 20.8 Å². The maximum absolute atomic E-state index is 4.50. The van der Waals surface area contributed by atoms with Crippen molar-refractivity contribution < 1.29 is 0 Å². The molecule has 0 aliphatic carbocycles. The first-order chi connectivity index (χ1) is 7.08. The van der Waals surface area contributed by atoms with Crippen molar-refractivity contribution in [3.63, 3.8) is 0 Å². The molecule has 0 amide bonds. The molecule has 0 saturated carbocycles. The van der Waals surface area contributed by atoms with Gasteiger partial charge < -0.3 is 5.32 Å². The molecular weight excluding hydrogens is 184 g/mol. The first-order valence-corrected chi connectivity index (χ1v) is 5.19. The van der Waals surface area contributed by atoms with E-state index in [2.05, 4.69) is 30.2 Å². The summed E-state index contributed by atoms with van der Waals surface area (Å²) in [6, 6.07) is 10.1. The molecule has 0 radical (unpaired) electrons. The molecule has 1 aliphatic rings. The predicted octanol–water partition coefficient (Wildman–Crippen LogP) is 3.44. The van der Waals surface area contributed by atoms with Gasteiger partial charge in [0.1, 0.15) is 5.84 Å². The highest BCUT2D eigenvalue weighted by molar-refractivity contribution is 6.02. The average molecular weight is 200 g/mol. The molecule has 15 heavy (non-hydrogen) atoms. The number of benzene rings is 1. The van der Waals surface area contributed by atoms with E-state index in [1.165, 1.54) is 0 Å². The number of allylic oxidation sites excluding steroid dienone is 1. The van der Waals surface area contributed by atoms with E-state index in [1.807, 2.05) is 37.3 Å². The highest BCUT2D eigenvalue weighted by atomic mass is 15.0. The Morgan fingerprint density at radius 3 is 2.33 bits per heavy atom. The smallest absolute Gasteiger partial charge is 0.116 e. The molecule has 0 fully saturated rings. The number of nitrogens with one attached hydrogen (secondary N) is 1. The van der Waals surface area contributed by atoms with Gasteiger partial charge in [-0.15, -0.1) is 0 Å². The summed E-state index contributed by atoms with van der Waals surface area (Å²) in [6.07, 6.45) is 2.18. The van der Waals surface area contributed by atoms with Crippen LogP contribution in [0.3, 0.4) is 0 Å². The highest BCUT2D eigenvalue weighted by Crippen LogP contribution is 2.29. The standard InChI is InChI=1S/C13H16N2/c1-10-9-13(2,3)12(14-10)15-11-7-5-4-6-8-11/h4-9H,1-3H3,(H,14,15). The fourth-order valence-electron chi connectivity index (χ4n) is 1.79. The lowest BCUT2D eigenvalue weighted by atomic mass is 9.92. The van der Waals surface area contributed by atoms with Crippen LogP contribution in [-0.4, -0.2) is 5.84 Å². The third-order valence-electron chi connectivity index (χ3n) is 2.50. The van der Waals surface area contributed by atoms with Crippen LogP contribution in [0.25, 0.3) is 0 Å². The largest absolute Gasteiger partial charge is 0.343 e. The molecule has 0 saturated heterocycles. The summed E-state index contributed by atoms with van der Waals surface area (Å²) in [5, 5.41) is 3.36. The maximum atomic E-state index is 4.50. The van der Waals surface area contributed by atoms with Crippen molar-refractivity contribution in [3.05, 3.63) is 42.1 Å². The fraction of sp³-hybridized carbons (Fsp3) is 0.308. The number of rotatable bonds is 1. The number of hydrogen-bond donors (Lipinski definition) is 1. The van der Waals surface area contributed by atoms with Gasteiger partial charge in [-0.1, -0.05) is 18.2 Å². The molecule has 0 atom stereocenters. The summed E-state index contributed by atoms with van der Waals surface area (Å²) in [5.74, 6) is 1.02. The second-order valence-corrected chi connectivity index (χ2v) is 4.46. The van der Waals surface area contributed by atoms with Crippen molar-refractivity contribution >= 4 is 11.5 Å². The van der Waals surface area contributed by atoms with Crippen LogP contribution in [0.4, 0.5) is 5.69 Å². The minimum absolute atomic E-state index is 0.0138. The Bertz CT molecular complexity index is 413. The van der Waals surface area contributed by atoms with E-state index in [-0.39, 0.29) is 5.41 Å². The number of amidine groups is 1. The van der Waals surface area contributed by atoms with Crippen molar-refractivity contribution in [2.75, 3.05) is 5.32 Å². The van der Waals surface area contributed by atoms with Crippen LogP contribution in [0.15, 0.2) is 47.1 Å². The molecule has 0 spiro atoms. The van der Waals surface area contributed by atoms with Gasteiger partial charge >= 0.3 is 0 Å². The van der Waals surface area contributed by atoms with Crippen LogP contribution < -0.4 is 5.32 Å². The molecule has 78 valence electrons. The maximum Gasteiger partial charge on any atom is 0.116 e. The van der Waals surface area contributed by atoms with Crippen molar-refractivity contribution in [2.24, 2.45) is 10.4 Å². The molecule has 1 aromatic rings. The molecule has 0 aromatic heterocycles. The Morgan fingerprint density at radius 2 is 1.80 bits per heavy atom. The van der Waals surface area contributed by atoms with E-state index in [0.717, 1.165) is 17.2 Å². The normalized spacial score (nSPS) is 18.3. The van der Waals surface area contributed by atoms with Gasteiger partial charge in [-0.3, -0.25) is 0 Å². The lowest BCUT2D eigenvalue weighted by Crippen LogP contribution is -2.26. The zero-order valence-electron chi connectivity index (χ0n) is 9.41. The van der Waals surface area contributed by atoms with Crippen LogP contribution in [0.2, 0.25) is 0 Å². The van der Waals surface area contributed by atoms with Gasteiger partial charge in [-0.05, 0) is 39.0 Å². The van der Waals surface area contributed by atoms with Gasteiger partial charge in [0.2, 0.25) is 0 Å². The number of para-hydroxylation sites is 1. The molecule has 1 aromatic carbocycles. The van der Waals surface area contributed by atoms with Gasteiger partial charge in [-0.25, -0.2) is 4.99 Å². The third-order valence-corrected chi connectivity index (χ3v) is 2.50. The molecule has 1 aliphatic heterocycles. The number of nitrogens with zero attached hydrogens (tertiary/aromatic N) is 1. The Balaban J connectivity index is 2.19. The van der Waals surface area contributed by atoms with E-state index in [0.29, 0.717) is 0 Å². The molecule has 1 heterocycles. The summed E-state index contributed by atoms with van der Waals surface area (Å²) in [7, 11) is 0. The average Bonchev–Trinajstić information content (AvgIpc) is 2.41. The Kier molecular flexibility index (Phi) is 2.35. The van der Waals surface area contributed by atoms with E-state index in [1.54, 1.807) is 0 Å². The fourth-order valence-corrected chi connectivity index (χ4v) is 1.79. The minimum atomic E-state index is 0.0138. The summed E-state index contributed by atoms with van der Waals surface area (Å²) in [4.78, 5) is 4.50. The highest BCUT2D eigenvalue weighted by Gasteiger charge is 2.27. The molecule has 2 heteroatoms. The number of hydrogen-bond acceptors (Lipinski definition) is 2. The first-order valence-electron chi connectivity index (χ1n) is 5.19. The Hall–Kier alpha value is -1.57. The summed E-state index contributed by atoms with van der Waals surface area (Å²) >= 11 is 0. The molecule has 2 nitrogen and oxygen atoms in total. The Labute approximate surface area is 90.7 Å². The quantitative estimate of drug-likeness (QED) is 0.737. The van der Waals surface area contributed by atoms with Gasteiger partial charge in [0, 0.05) is 16.8 Å². The molecule has 0 bridgehead atoms. The van der Waals surface area contributed by atoms with Crippen LogP contribution >= 0.6 is 0 Å². The lowest BCUT2D eigenvalue weighted by molar-refractivity contribution is 0.685. The van der Waals surface area contributed by atoms with Gasteiger partial charge in [-0.2, -0.15) is 0 Å². The minimum Gasteiger partial charge on any atom is -0.343 e. The summed E-state index contributed by atoms with van der Waals surface area (Å²) in [5.41, 5.74) is 2.19. The third kappa shape index (κ3) is 2.09. The first kappa shape index (κ1) is 9.97. The van der Waals surface area contributed by atoms with Crippen molar-refractivity contribution in [1.82, 2.24) is 0 Å². The second-order valence-electron chi connectivity index (χ2n) is 4.46. The summed E-state index contributed by atoms with van der Waals surface area (Å²) in [6.45, 7) is 6.36. The van der Waals surface area contributed by atoms with Gasteiger partial charge in [0.15, 0.2) is 0 Å². The van der Waals surface area contributed by atoms with Gasteiger partial charge in [0.05, 0.1) is 0 Å². The topological polar surface area (TPSA) is 24.4 Å². The second kappa shape index (κ2) is 3.54. The number of anilines is 1. The van der Waals surface area contributed by atoms with Crippen molar-refractivity contribution in [3.8, 4) is 0 Å². The van der Waals surface area contributed by atoms with E-state index >= 15 is 0 Å². The predicted molar refractivity (Wildman–Crippen MR) is 65.0 cm³/mol. The van der Waals surface area contributed by atoms with Crippen LogP contribution in [-0.2, 0) is 0 Å². The summed E-state index contributed by atoms with van der Waals surface area (Å²) < 4.78 is 0. The molecule has 2 rings (SSSR count). The zero-order chi connectivity index (χ0) is 10.9. The van der Waals surface area contributed by atoms with E-state index in [4.69, 9.17) is 0 Å². The van der Waals surface area contributed by atoms with Crippen LogP contribution in [0, 0.1) is 5.41 Å². The monoisotopic (exact) mass is 200 g/mol. The lowest BCUT2D eigenvalue weighted by Gasteiger charge is -2.19. The van der Waals surface area contributed by atoms with Crippen molar-refractivity contribution in [1.29, 1.82) is 0 Å². The van der Waals surface area contributed by atoms with E-state index < -0.39 is 0 Å². The molecular formula is C13H16N2. The number of aliphatic imine (C=N–C) groups is 1.